The molecule has 8 nitrogen and oxygen atoms in total. The standard InChI is InChI=1S/C20H20F16O8S/c1-8(7-43-3-2-13(21,22)20(35,36)45(40,41)42)12(37)44-11-5-9(14(38,16(23,24)25)17(26,27)28)4-10(6-11)15(39,18(29,30)31)19(32,33)34/h9-11,38-39H,1-7H2,(H,40,41,42). The molecule has 45 heavy (non-hydrogen) atoms. The van der Waals surface area contributed by atoms with Crippen LogP contribution in [0.3, 0.4) is 0 Å². The highest BCUT2D eigenvalue weighted by Gasteiger charge is 2.78. The van der Waals surface area contributed by atoms with Crippen molar-refractivity contribution in [3.8, 4) is 0 Å². The summed E-state index contributed by atoms with van der Waals surface area (Å²) in [5.41, 5.74) is -13.2. The molecule has 1 aliphatic rings. The Morgan fingerprint density at radius 3 is 1.38 bits per heavy atom. The lowest BCUT2D eigenvalue weighted by molar-refractivity contribution is -0.405. The molecule has 3 N–H and O–H groups in total. The van der Waals surface area contributed by atoms with Crippen molar-refractivity contribution in [1.29, 1.82) is 0 Å². The van der Waals surface area contributed by atoms with Gasteiger partial charge in [0.2, 0.25) is 0 Å². The second kappa shape index (κ2) is 12.5. The van der Waals surface area contributed by atoms with E-state index in [1.165, 1.54) is 0 Å². The van der Waals surface area contributed by atoms with Crippen LogP contribution in [-0.4, -0.2) is 95.6 Å². The highest BCUT2D eigenvalue weighted by molar-refractivity contribution is 7.87. The summed E-state index contributed by atoms with van der Waals surface area (Å²) >= 11 is 0. The molecular weight excluding hydrogens is 704 g/mol. The molecule has 266 valence electrons. The van der Waals surface area contributed by atoms with Gasteiger partial charge in [0, 0.05) is 18.3 Å². The molecular formula is C20H20F16O8S. The number of esters is 1. The monoisotopic (exact) mass is 724 g/mol. The summed E-state index contributed by atoms with van der Waals surface area (Å²) in [5.74, 6) is -14.9. The maximum absolute atomic E-state index is 13.4. The molecule has 25 heteroatoms. The Hall–Kier alpha value is -2.12. The minimum atomic E-state index is -6.80. The van der Waals surface area contributed by atoms with E-state index in [0.717, 1.165) is 0 Å². The second-order valence-electron chi connectivity index (χ2n) is 9.75. The first-order valence-electron chi connectivity index (χ1n) is 11.5. The zero-order valence-corrected chi connectivity index (χ0v) is 22.3. The van der Waals surface area contributed by atoms with Crippen molar-refractivity contribution in [2.75, 3.05) is 13.2 Å². The SMILES string of the molecule is C=C(COCCC(F)(F)C(F)(F)S(=O)(=O)O)C(=O)OC1CC(C(O)(C(F)(F)F)C(F)(F)F)CC(C(O)(C(F)(F)F)C(F)(F)F)C1. The average molecular weight is 724 g/mol. The van der Waals surface area contributed by atoms with Gasteiger partial charge in [0.1, 0.15) is 6.10 Å². The summed E-state index contributed by atoms with van der Waals surface area (Å²) in [4.78, 5) is 12.2. The van der Waals surface area contributed by atoms with Gasteiger partial charge < -0.3 is 19.7 Å². The lowest BCUT2D eigenvalue weighted by atomic mass is 9.65. The van der Waals surface area contributed by atoms with Crippen LogP contribution in [0.4, 0.5) is 70.2 Å². The number of rotatable bonds is 11. The molecule has 2 atom stereocenters. The topological polar surface area (TPSA) is 130 Å². The van der Waals surface area contributed by atoms with Gasteiger partial charge in [-0.2, -0.15) is 78.7 Å². The number of halogens is 16. The normalized spacial score (nSPS) is 21.9. The first-order chi connectivity index (χ1) is 19.6. The number of aliphatic hydroxyl groups is 2. The van der Waals surface area contributed by atoms with E-state index in [-0.39, 0.29) is 0 Å². The summed E-state index contributed by atoms with van der Waals surface area (Å²) in [7, 11) is -6.66. The molecule has 1 rings (SSSR count). The van der Waals surface area contributed by atoms with Crippen LogP contribution < -0.4 is 0 Å². The van der Waals surface area contributed by atoms with Gasteiger partial charge >= 0.3 is 52.0 Å². The molecule has 0 aromatic carbocycles. The fourth-order valence-corrected chi connectivity index (χ4v) is 4.80. The highest BCUT2D eigenvalue weighted by Crippen LogP contribution is 2.58. The van der Waals surface area contributed by atoms with Crippen LogP contribution in [0, 0.1) is 11.8 Å². The molecule has 2 unspecified atom stereocenters. The Kier molecular flexibility index (Phi) is 11.3. The number of carbonyl (C=O) groups is 1. The lowest BCUT2D eigenvalue weighted by Crippen LogP contribution is -2.67. The smallest absolute Gasteiger partial charge is 0.431 e. The quantitative estimate of drug-likeness (QED) is 0.0883. The Morgan fingerprint density at radius 1 is 0.711 bits per heavy atom. The molecule has 0 aromatic rings. The van der Waals surface area contributed by atoms with Crippen molar-refractivity contribution in [2.45, 2.75) is 78.9 Å². The molecule has 0 spiro atoms. The van der Waals surface area contributed by atoms with E-state index in [9.17, 15) is 93.7 Å². The molecule has 0 saturated heterocycles. The van der Waals surface area contributed by atoms with E-state index in [4.69, 9.17) is 4.55 Å². The van der Waals surface area contributed by atoms with Gasteiger partial charge in [-0.05, 0) is 19.3 Å². The van der Waals surface area contributed by atoms with Gasteiger partial charge in [-0.1, -0.05) is 6.58 Å². The third kappa shape index (κ3) is 7.89. The summed E-state index contributed by atoms with van der Waals surface area (Å²) in [6.45, 7) is -0.125. The van der Waals surface area contributed by atoms with E-state index in [0.29, 0.717) is 0 Å². The number of carbonyl (C=O) groups excluding carboxylic acids is 1. The fraction of sp³-hybridized carbons (Fsp3) is 0.850. The number of hydrogen-bond acceptors (Lipinski definition) is 7. The van der Waals surface area contributed by atoms with Crippen LogP contribution in [0.1, 0.15) is 25.7 Å². The maximum atomic E-state index is 13.4. The van der Waals surface area contributed by atoms with E-state index in [1.807, 2.05) is 0 Å². The van der Waals surface area contributed by atoms with Crippen molar-refractivity contribution in [1.82, 2.24) is 0 Å². The van der Waals surface area contributed by atoms with Gasteiger partial charge in [-0.15, -0.1) is 0 Å². The minimum absolute atomic E-state index is 1.19. The molecule has 1 aliphatic carbocycles. The first kappa shape index (κ1) is 40.9. The van der Waals surface area contributed by atoms with E-state index in [1.54, 1.807) is 0 Å². The summed E-state index contributed by atoms with van der Waals surface area (Å²) in [6, 6.07) is 0. The average Bonchev–Trinajstić information content (AvgIpc) is 2.81. The number of alkyl halides is 16. The molecule has 0 aliphatic heterocycles. The second-order valence-corrected chi connectivity index (χ2v) is 11.2. The van der Waals surface area contributed by atoms with Crippen molar-refractivity contribution in [3.05, 3.63) is 12.2 Å². The predicted molar refractivity (Wildman–Crippen MR) is 111 cm³/mol. The highest BCUT2D eigenvalue weighted by atomic mass is 32.2. The van der Waals surface area contributed by atoms with Crippen molar-refractivity contribution >= 4 is 16.1 Å². The number of hydrogen-bond donors (Lipinski definition) is 3. The van der Waals surface area contributed by atoms with Crippen molar-refractivity contribution < 1.29 is 108 Å². The van der Waals surface area contributed by atoms with E-state index < -0.39 is 126 Å². The zero-order chi connectivity index (χ0) is 36.0. The number of ether oxygens (including phenoxy) is 2. The third-order valence-corrected chi connectivity index (χ3v) is 7.67. The zero-order valence-electron chi connectivity index (χ0n) is 21.5. The molecule has 1 fully saturated rings. The Labute approximate surface area is 240 Å². The summed E-state index contributed by atoms with van der Waals surface area (Å²) in [6.07, 6.45) is -38.4. The predicted octanol–water partition coefficient (Wildman–Crippen LogP) is 5.10. The van der Waals surface area contributed by atoms with Crippen LogP contribution >= 0.6 is 0 Å². The van der Waals surface area contributed by atoms with Crippen LogP contribution in [0.15, 0.2) is 12.2 Å². The maximum Gasteiger partial charge on any atom is 0.431 e. The molecule has 1 saturated carbocycles. The van der Waals surface area contributed by atoms with Crippen LogP contribution in [0.5, 0.6) is 0 Å². The fourth-order valence-electron chi connectivity index (χ4n) is 4.32. The van der Waals surface area contributed by atoms with Crippen LogP contribution in [0.25, 0.3) is 0 Å². The van der Waals surface area contributed by atoms with Crippen molar-refractivity contribution in [2.24, 2.45) is 11.8 Å². The molecule has 0 aromatic heterocycles. The molecule has 0 radical (unpaired) electrons. The van der Waals surface area contributed by atoms with E-state index in [2.05, 4.69) is 16.1 Å². The largest absolute Gasteiger partial charge is 0.459 e. The first-order valence-corrected chi connectivity index (χ1v) is 12.9. The minimum Gasteiger partial charge on any atom is -0.459 e. The Morgan fingerprint density at radius 2 is 1.07 bits per heavy atom. The Balaban J connectivity index is 3.31. The van der Waals surface area contributed by atoms with Gasteiger partial charge in [0.25, 0.3) is 11.2 Å². The molecule has 0 bridgehead atoms. The summed E-state index contributed by atoms with van der Waals surface area (Å²) < 4.78 is 252. The van der Waals surface area contributed by atoms with Crippen LogP contribution in [-0.2, 0) is 24.4 Å². The third-order valence-electron chi connectivity index (χ3n) is 6.72. The molecule has 0 amide bonds. The Bertz CT molecular complexity index is 1110. The van der Waals surface area contributed by atoms with Crippen molar-refractivity contribution in [3.63, 3.8) is 0 Å². The van der Waals surface area contributed by atoms with Crippen LogP contribution in [0.2, 0.25) is 0 Å². The summed E-state index contributed by atoms with van der Waals surface area (Å²) in [5, 5.41) is 13.2. The van der Waals surface area contributed by atoms with Gasteiger partial charge in [0.15, 0.2) is 0 Å². The lowest BCUT2D eigenvalue weighted by Gasteiger charge is -2.48. The van der Waals surface area contributed by atoms with Gasteiger partial charge in [-0.3, -0.25) is 4.55 Å². The van der Waals surface area contributed by atoms with E-state index >= 15 is 0 Å². The van der Waals surface area contributed by atoms with Gasteiger partial charge in [0.05, 0.1) is 18.8 Å². The van der Waals surface area contributed by atoms with Gasteiger partial charge in [-0.25, -0.2) is 4.79 Å². The molecule has 0 heterocycles.